The van der Waals surface area contributed by atoms with E-state index < -0.39 is 0 Å². The Morgan fingerprint density at radius 2 is 1.88 bits per heavy atom. The predicted molar refractivity (Wildman–Crippen MR) is 96.7 cm³/mol. The first kappa shape index (κ1) is 14.8. The number of aromatic amines is 2. The van der Waals surface area contributed by atoms with Crippen LogP contribution in [0.15, 0.2) is 54.9 Å². The van der Waals surface area contributed by atoms with Crippen molar-refractivity contribution in [3.8, 4) is 22.9 Å². The summed E-state index contributed by atoms with van der Waals surface area (Å²) in [5.41, 5.74) is 2.92. The summed E-state index contributed by atoms with van der Waals surface area (Å²) in [5.74, 6) is 1.78. The Labute approximate surface area is 148 Å². The summed E-state index contributed by atoms with van der Waals surface area (Å²) in [7, 11) is 0. The molecule has 3 heterocycles. The van der Waals surface area contributed by atoms with E-state index in [0.29, 0.717) is 41.8 Å². The highest BCUT2D eigenvalue weighted by atomic mass is 16.6. The van der Waals surface area contributed by atoms with Crippen LogP contribution in [0.3, 0.4) is 0 Å². The molecule has 26 heavy (non-hydrogen) atoms. The van der Waals surface area contributed by atoms with Crippen molar-refractivity contribution in [2.75, 3.05) is 13.2 Å². The zero-order chi connectivity index (χ0) is 17.5. The Hall–Kier alpha value is -3.54. The van der Waals surface area contributed by atoms with Crippen molar-refractivity contribution in [2.45, 2.75) is 0 Å². The highest BCUT2D eigenvalue weighted by Crippen LogP contribution is 2.32. The number of nitrogens with one attached hydrogen (secondary N) is 2. The van der Waals surface area contributed by atoms with Gasteiger partial charge >= 0.3 is 0 Å². The number of rotatable bonds is 3. The van der Waals surface area contributed by atoms with Crippen LogP contribution >= 0.6 is 0 Å². The molecule has 0 amide bonds. The molecule has 0 atom stereocenters. The maximum atomic E-state index is 12.8. The lowest BCUT2D eigenvalue weighted by molar-refractivity contribution is 0.103. The maximum absolute atomic E-state index is 12.8. The molecular weight excluding hydrogens is 330 g/mol. The number of aromatic nitrogens is 3. The molecule has 0 bridgehead atoms. The van der Waals surface area contributed by atoms with Crippen molar-refractivity contribution >= 4 is 16.7 Å². The second-order valence-corrected chi connectivity index (χ2v) is 6.08. The third kappa shape index (κ3) is 2.35. The van der Waals surface area contributed by atoms with Gasteiger partial charge < -0.3 is 19.4 Å². The van der Waals surface area contributed by atoms with E-state index in [0.717, 1.165) is 16.5 Å². The molecule has 6 nitrogen and oxygen atoms in total. The molecule has 1 aliphatic rings. The third-order valence-corrected chi connectivity index (χ3v) is 4.47. The summed E-state index contributed by atoms with van der Waals surface area (Å²) in [4.78, 5) is 23.5. The molecule has 2 aromatic heterocycles. The number of carbonyl (C=O) groups is 1. The molecule has 2 N–H and O–H groups in total. The Bertz CT molecular complexity index is 1130. The number of ether oxygens (including phenoxy) is 2. The van der Waals surface area contributed by atoms with Gasteiger partial charge in [0.25, 0.3) is 0 Å². The first-order chi connectivity index (χ1) is 12.8. The van der Waals surface area contributed by atoms with Crippen LogP contribution in [0.4, 0.5) is 0 Å². The molecule has 0 unspecified atom stereocenters. The van der Waals surface area contributed by atoms with Gasteiger partial charge in [-0.1, -0.05) is 18.2 Å². The van der Waals surface area contributed by atoms with Gasteiger partial charge in [-0.15, -0.1) is 0 Å². The number of hydrogen-bond acceptors (Lipinski definition) is 4. The molecule has 128 valence electrons. The van der Waals surface area contributed by atoms with Crippen molar-refractivity contribution < 1.29 is 14.3 Å². The van der Waals surface area contributed by atoms with Crippen LogP contribution < -0.4 is 9.47 Å². The standard InChI is InChI=1S/C20H15N3O3/c24-19(12-5-6-17-18(9-12)26-8-7-25-17)16-11-22-20(23-16)14-10-21-15-4-2-1-3-13(14)15/h1-6,9-11,21H,7-8H2,(H,22,23). The minimum Gasteiger partial charge on any atom is -0.486 e. The van der Waals surface area contributed by atoms with E-state index in [9.17, 15) is 4.79 Å². The van der Waals surface area contributed by atoms with E-state index in [1.54, 1.807) is 24.4 Å². The number of para-hydroxylation sites is 1. The van der Waals surface area contributed by atoms with Gasteiger partial charge in [-0.2, -0.15) is 0 Å². The second kappa shape index (κ2) is 5.77. The van der Waals surface area contributed by atoms with E-state index in [2.05, 4.69) is 15.0 Å². The van der Waals surface area contributed by atoms with Gasteiger partial charge in [0, 0.05) is 28.2 Å². The Morgan fingerprint density at radius 3 is 2.81 bits per heavy atom. The Balaban J connectivity index is 1.49. The molecule has 0 aliphatic carbocycles. The van der Waals surface area contributed by atoms with Crippen molar-refractivity contribution in [1.29, 1.82) is 0 Å². The van der Waals surface area contributed by atoms with Gasteiger partial charge in [0.2, 0.25) is 5.78 Å². The quantitative estimate of drug-likeness (QED) is 0.556. The minimum atomic E-state index is -0.138. The van der Waals surface area contributed by atoms with Gasteiger partial charge in [0.05, 0.1) is 6.20 Å². The zero-order valence-corrected chi connectivity index (χ0v) is 13.8. The zero-order valence-electron chi connectivity index (χ0n) is 13.8. The molecule has 0 saturated heterocycles. The van der Waals surface area contributed by atoms with Crippen LogP contribution in [0.2, 0.25) is 0 Å². The molecule has 5 rings (SSSR count). The molecule has 4 aromatic rings. The molecule has 2 aromatic carbocycles. The number of carbonyl (C=O) groups excluding carboxylic acids is 1. The summed E-state index contributed by atoms with van der Waals surface area (Å²) in [5, 5.41) is 1.06. The van der Waals surface area contributed by atoms with E-state index in [1.807, 2.05) is 30.5 Å². The van der Waals surface area contributed by atoms with Crippen LogP contribution in [0.1, 0.15) is 16.1 Å². The summed E-state index contributed by atoms with van der Waals surface area (Å²) in [6.45, 7) is 1.01. The summed E-state index contributed by atoms with van der Waals surface area (Å²) in [6.07, 6.45) is 3.46. The van der Waals surface area contributed by atoms with Crippen molar-refractivity contribution in [3.63, 3.8) is 0 Å². The molecule has 6 heteroatoms. The first-order valence-electron chi connectivity index (χ1n) is 8.35. The van der Waals surface area contributed by atoms with Gasteiger partial charge in [-0.05, 0) is 24.3 Å². The topological polar surface area (TPSA) is 80.0 Å². The van der Waals surface area contributed by atoms with Crippen molar-refractivity contribution in [3.05, 3.63) is 66.1 Å². The summed E-state index contributed by atoms with van der Waals surface area (Å²) >= 11 is 0. The van der Waals surface area contributed by atoms with Gasteiger partial charge in [0.1, 0.15) is 24.7 Å². The number of imidazole rings is 1. The fourth-order valence-electron chi connectivity index (χ4n) is 3.18. The first-order valence-corrected chi connectivity index (χ1v) is 8.35. The normalized spacial score (nSPS) is 13.1. The number of ketones is 1. The minimum absolute atomic E-state index is 0.138. The lowest BCUT2D eigenvalue weighted by Crippen LogP contribution is -2.16. The second-order valence-electron chi connectivity index (χ2n) is 6.08. The van der Waals surface area contributed by atoms with Crippen LogP contribution in [0, 0.1) is 0 Å². The number of nitrogens with zero attached hydrogens (tertiary/aromatic N) is 1. The van der Waals surface area contributed by atoms with E-state index in [4.69, 9.17) is 9.47 Å². The molecule has 0 saturated carbocycles. The largest absolute Gasteiger partial charge is 0.486 e. The Kier molecular flexibility index (Phi) is 3.28. The fourth-order valence-corrected chi connectivity index (χ4v) is 3.18. The Morgan fingerprint density at radius 1 is 1.04 bits per heavy atom. The average Bonchev–Trinajstić information content (AvgIpc) is 3.34. The van der Waals surface area contributed by atoms with Crippen LogP contribution in [-0.4, -0.2) is 33.9 Å². The van der Waals surface area contributed by atoms with Crippen LogP contribution in [0.25, 0.3) is 22.3 Å². The number of fused-ring (bicyclic) bond motifs is 2. The SMILES string of the molecule is O=C(c1ccc2c(c1)OCCO2)c1cnc(-c2c[nH]c3ccccc23)[nH]1. The van der Waals surface area contributed by atoms with Gasteiger partial charge in [-0.3, -0.25) is 4.79 Å². The highest BCUT2D eigenvalue weighted by Gasteiger charge is 2.18. The monoisotopic (exact) mass is 345 g/mol. The molecule has 0 radical (unpaired) electrons. The van der Waals surface area contributed by atoms with E-state index >= 15 is 0 Å². The molecule has 0 fully saturated rings. The lowest BCUT2D eigenvalue weighted by atomic mass is 10.1. The smallest absolute Gasteiger partial charge is 0.210 e. The van der Waals surface area contributed by atoms with Gasteiger partial charge in [0.15, 0.2) is 11.5 Å². The highest BCUT2D eigenvalue weighted by molar-refractivity contribution is 6.08. The lowest BCUT2D eigenvalue weighted by Gasteiger charge is -2.18. The number of benzene rings is 2. The molecular formula is C20H15N3O3. The van der Waals surface area contributed by atoms with E-state index in [1.165, 1.54) is 0 Å². The third-order valence-electron chi connectivity index (χ3n) is 4.47. The molecule has 1 aliphatic heterocycles. The van der Waals surface area contributed by atoms with E-state index in [-0.39, 0.29) is 5.78 Å². The van der Waals surface area contributed by atoms with Crippen LogP contribution in [0.5, 0.6) is 11.5 Å². The van der Waals surface area contributed by atoms with Crippen molar-refractivity contribution in [2.24, 2.45) is 0 Å². The number of hydrogen-bond donors (Lipinski definition) is 2. The summed E-state index contributed by atoms with van der Waals surface area (Å²) in [6, 6.07) is 13.2. The maximum Gasteiger partial charge on any atom is 0.210 e. The average molecular weight is 345 g/mol. The number of H-pyrrole nitrogens is 2. The summed E-state index contributed by atoms with van der Waals surface area (Å²) < 4.78 is 11.1. The van der Waals surface area contributed by atoms with Gasteiger partial charge in [-0.25, -0.2) is 4.98 Å². The van der Waals surface area contributed by atoms with Crippen LogP contribution in [-0.2, 0) is 0 Å². The fraction of sp³-hybridized carbons (Fsp3) is 0.100. The molecule has 0 spiro atoms. The van der Waals surface area contributed by atoms with Crippen molar-refractivity contribution in [1.82, 2.24) is 15.0 Å². The predicted octanol–water partition coefficient (Wildman–Crippen LogP) is 3.56.